The summed E-state index contributed by atoms with van der Waals surface area (Å²) < 4.78 is 114. The Morgan fingerprint density at radius 2 is 0.800 bits per heavy atom. The maximum Gasteiger partial charge on any atom is 0.413 e. The van der Waals surface area contributed by atoms with E-state index in [1.807, 2.05) is 6.07 Å². The van der Waals surface area contributed by atoms with Gasteiger partial charge in [-0.05, 0) is 104 Å². The van der Waals surface area contributed by atoms with E-state index in [1.165, 1.54) is 77.4 Å². The lowest BCUT2D eigenvalue weighted by atomic mass is 9.75. The molecule has 12 atom stereocenters. The van der Waals surface area contributed by atoms with Crippen molar-refractivity contribution in [2.24, 2.45) is 55.1 Å². The molecule has 0 aromatic heterocycles. The zero-order valence-corrected chi connectivity index (χ0v) is 63.3. The maximum atomic E-state index is 14.9. The van der Waals surface area contributed by atoms with Crippen LogP contribution in [0.3, 0.4) is 0 Å². The van der Waals surface area contributed by atoms with E-state index >= 15 is 0 Å². The Balaban J connectivity index is 0.000000164. The van der Waals surface area contributed by atoms with Crippen molar-refractivity contribution in [3.8, 4) is 0 Å². The summed E-state index contributed by atoms with van der Waals surface area (Å²) in [5.41, 5.74) is 13.7. The van der Waals surface area contributed by atoms with Crippen molar-refractivity contribution < 1.29 is 84.4 Å². The zero-order valence-electron chi connectivity index (χ0n) is 60.0. The Morgan fingerprint density at radius 1 is 0.486 bits per heavy atom. The lowest BCUT2D eigenvalue weighted by molar-refractivity contribution is -0.385. The number of methoxy groups -OCH3 is 4. The third kappa shape index (κ3) is 20.1. The quantitative estimate of drug-likeness (QED) is 0.0339. The summed E-state index contributed by atoms with van der Waals surface area (Å²) in [6.45, 7) is 13.0. The number of anilines is 1. The number of non-ortho nitro benzene ring substituents is 2. The van der Waals surface area contributed by atoms with Crippen molar-refractivity contribution in [3.63, 3.8) is 0 Å². The van der Waals surface area contributed by atoms with Gasteiger partial charge in [0.05, 0.1) is 87.1 Å². The summed E-state index contributed by atoms with van der Waals surface area (Å²) in [7, 11) is 6.45. The molecule has 574 valence electrons. The van der Waals surface area contributed by atoms with Gasteiger partial charge in [-0.2, -0.15) is 0 Å². The Labute approximate surface area is 623 Å². The number of nitro groups is 2. The van der Waals surface area contributed by atoms with Crippen molar-refractivity contribution in [2.75, 3.05) is 110 Å². The average molecular weight is 1550 g/mol. The molecule has 12 rings (SSSR count). The smallest absolute Gasteiger partial charge is 0.413 e. The first kappa shape index (κ1) is 82.2. The van der Waals surface area contributed by atoms with Gasteiger partial charge in [-0.25, -0.2) is 47.1 Å². The lowest BCUT2D eigenvalue weighted by Gasteiger charge is -2.46. The largest absolute Gasteiger partial charge is 0.444 e. The Bertz CT molecular complexity index is 3900. The SMILES string of the molecule is COC[C@H]1C[C@H]2CSC(N)=N[C@@]2(c2cc([N+](=O)[O-])ccc2F)CO1.COC[C@H]1C[C@H]2CSC(N)=N[C@@]2(c2ccccc2F)CO1.COC[C@H]1C[C@H]2CSC(NC(=O)OC(C)(C)C)=N[C@@]2(c2cc(N)ccc2F)CO1.COC[C@H]1C[C@H]2CSC(NC(=O)OC(C)(C)C)=N[C@@]2(c2cc([N+](=O)[O-])ccc2F)CO1. The molecule has 8 aliphatic rings. The number of carbonyl (C=O) groups excluding carboxylic acids is 2. The first-order valence-electron chi connectivity index (χ1n) is 33.8. The van der Waals surface area contributed by atoms with Gasteiger partial charge in [0.25, 0.3) is 11.4 Å². The summed E-state index contributed by atoms with van der Waals surface area (Å²) in [5.74, 6) is 0.820. The molecule has 0 unspecified atom stereocenters. The summed E-state index contributed by atoms with van der Waals surface area (Å²) in [6.07, 6.45) is 0.996. The standard InChI is InChI=1S/C20H26FN3O6S.C20H28FN3O4S.C15H18FN3O4S.C15H19FN2O2S/c1-19(2,3)30-18(25)22-17-23-20(15-8-13(24(26)27)5-6-16(15)21)11-29-14(9-28-4)7-12(20)10-31-17;1-19(2,3)28-18(25)23-17-24-20(15-8-13(22)5-6-16(15)21)11-27-14(9-26-4)7-12(20)10-29-17;1-22-6-11-4-9-7-24-14(17)18-15(9,8-23-11)12-5-10(19(20)21)2-3-13(12)16;1-19-7-11-6-10-8-21-14(17)18-15(10,9-20-11)12-4-2-3-5-13(12)16/h5-6,8,12,14H,7,9-11H2,1-4H3,(H,22,23,25);5-6,8,12,14H,7,9-11,22H2,1-4H3,(H,23,24,25);2-3,5,9,11H,4,6-8H2,1H3,(H2,17,18);2-5,10-11H,6-9H2,1H3,(H2,17,18)/t2*12-,14+,20-;9-,11+,15-;10-,11+,15-/m0000/s1. The number of alkyl carbamates (subject to hydrolysis) is 2. The number of benzene rings is 4. The van der Waals surface area contributed by atoms with Crippen LogP contribution in [-0.4, -0.2) is 183 Å². The average Bonchev–Trinajstić information content (AvgIpc) is 0.752. The number of hydrogen-bond donors (Lipinski definition) is 5. The number of thioether (sulfide) groups is 4. The number of nitrogen functional groups attached to an aromatic ring is 1. The van der Waals surface area contributed by atoms with Crippen molar-refractivity contribution in [1.29, 1.82) is 0 Å². The van der Waals surface area contributed by atoms with Crippen molar-refractivity contribution in [2.45, 2.75) is 125 Å². The minimum Gasteiger partial charge on any atom is -0.444 e. The van der Waals surface area contributed by atoms with E-state index in [0.29, 0.717) is 102 Å². The van der Waals surface area contributed by atoms with E-state index in [4.69, 9.17) is 69.6 Å². The number of amidine groups is 4. The van der Waals surface area contributed by atoms with Crippen LogP contribution in [0.15, 0.2) is 98.8 Å². The van der Waals surface area contributed by atoms with Gasteiger partial charge in [-0.15, -0.1) is 0 Å². The van der Waals surface area contributed by atoms with Crippen LogP contribution in [-0.2, 0) is 69.5 Å². The predicted molar refractivity (Wildman–Crippen MR) is 396 cm³/mol. The number of carbonyl (C=O) groups is 2. The second kappa shape index (κ2) is 35.4. The number of hydrogen-bond acceptors (Lipinski definition) is 27. The number of aliphatic imine (C=N–C) groups is 4. The van der Waals surface area contributed by atoms with E-state index in [0.717, 1.165) is 36.4 Å². The molecular weight excluding hydrogens is 1460 g/mol. The fraction of sp³-hybridized carbons (Fsp3) is 0.571. The van der Waals surface area contributed by atoms with Crippen LogP contribution in [0.4, 0.5) is 44.2 Å². The molecule has 8 N–H and O–H groups in total. The summed E-state index contributed by atoms with van der Waals surface area (Å²) in [6, 6.07) is 18.1. The van der Waals surface area contributed by atoms with Gasteiger partial charge in [0.1, 0.15) is 56.6 Å². The molecule has 4 aromatic rings. The van der Waals surface area contributed by atoms with Gasteiger partial charge < -0.3 is 64.6 Å². The van der Waals surface area contributed by atoms with E-state index in [2.05, 4.69) is 25.6 Å². The summed E-state index contributed by atoms with van der Waals surface area (Å²) in [5, 5.41) is 29.2. The molecule has 8 aliphatic heterocycles. The highest BCUT2D eigenvalue weighted by Crippen LogP contribution is 2.52. The maximum absolute atomic E-state index is 14.9. The first-order chi connectivity index (χ1) is 49.8. The number of nitrogens with two attached hydrogens (primary N) is 3. The van der Waals surface area contributed by atoms with Gasteiger partial charge in [0.2, 0.25) is 0 Å². The normalized spacial score (nSPS) is 28.4. The van der Waals surface area contributed by atoms with Gasteiger partial charge >= 0.3 is 12.2 Å². The van der Waals surface area contributed by atoms with E-state index in [-0.39, 0.29) is 101 Å². The van der Waals surface area contributed by atoms with Crippen molar-refractivity contribution in [1.82, 2.24) is 10.6 Å². The minimum atomic E-state index is -1.21. The number of nitrogens with one attached hydrogen (secondary N) is 2. The first-order valence-corrected chi connectivity index (χ1v) is 37.8. The third-order valence-corrected chi connectivity index (χ3v) is 22.6. The molecule has 4 fully saturated rings. The number of nitrogens with zero attached hydrogens (tertiary/aromatic N) is 6. The molecule has 8 heterocycles. The van der Waals surface area contributed by atoms with Gasteiger partial charge in [0.15, 0.2) is 20.7 Å². The number of amides is 2. The van der Waals surface area contributed by atoms with Gasteiger partial charge in [-0.3, -0.25) is 30.9 Å². The molecular formula is C70H91F4N11O16S4. The number of fused-ring (bicyclic) bond motifs is 4. The zero-order chi connectivity index (χ0) is 76.2. The monoisotopic (exact) mass is 1550 g/mol. The summed E-state index contributed by atoms with van der Waals surface area (Å²) in [4.78, 5) is 64.3. The minimum absolute atomic E-state index is 0.00175. The van der Waals surface area contributed by atoms with Gasteiger partial charge in [-0.1, -0.05) is 65.2 Å². The van der Waals surface area contributed by atoms with Crippen molar-refractivity contribution >= 4 is 97.0 Å². The number of nitro benzene ring substituents is 2. The Kier molecular flexibility index (Phi) is 27.7. The number of halogens is 4. The predicted octanol–water partition coefficient (Wildman–Crippen LogP) is 11.1. The molecule has 0 saturated carbocycles. The summed E-state index contributed by atoms with van der Waals surface area (Å²) >= 11 is 5.67. The Morgan fingerprint density at radius 3 is 1.14 bits per heavy atom. The molecule has 4 saturated heterocycles. The molecule has 0 bridgehead atoms. The third-order valence-electron chi connectivity index (χ3n) is 18.7. The van der Waals surface area contributed by atoms with Crippen LogP contribution in [0.1, 0.15) is 89.5 Å². The van der Waals surface area contributed by atoms with Crippen molar-refractivity contribution in [3.05, 3.63) is 145 Å². The van der Waals surface area contributed by atoms with Crippen LogP contribution in [0, 0.1) is 67.2 Å². The van der Waals surface area contributed by atoms with Gasteiger partial charge in [0, 0.05) is 127 Å². The van der Waals surface area contributed by atoms with Crippen LogP contribution < -0.4 is 27.8 Å². The van der Waals surface area contributed by atoms with E-state index in [1.54, 1.807) is 88.2 Å². The number of ether oxygens (including phenoxy) is 10. The molecule has 2 amide bonds. The Hall–Kier alpha value is -6.90. The topological polar surface area (TPSA) is 364 Å². The van der Waals surface area contributed by atoms with Crippen LogP contribution in [0.2, 0.25) is 0 Å². The molecule has 0 aliphatic carbocycles. The molecule has 105 heavy (non-hydrogen) atoms. The molecule has 27 nitrogen and oxygen atoms in total. The molecule has 0 radical (unpaired) electrons. The fourth-order valence-corrected chi connectivity index (χ4v) is 18.2. The van der Waals surface area contributed by atoms with Crippen LogP contribution in [0.5, 0.6) is 0 Å². The molecule has 4 aromatic carbocycles. The molecule has 35 heteroatoms. The second-order valence-corrected chi connectivity index (χ2v) is 32.4. The highest BCUT2D eigenvalue weighted by atomic mass is 32.2. The molecule has 0 spiro atoms. The van der Waals surface area contributed by atoms with E-state index < -0.39 is 72.8 Å². The fourth-order valence-electron chi connectivity index (χ4n) is 13.9. The highest BCUT2D eigenvalue weighted by Gasteiger charge is 2.54. The van der Waals surface area contributed by atoms with E-state index in [9.17, 15) is 47.4 Å². The number of rotatable bonds is 14. The lowest BCUT2D eigenvalue weighted by Crippen LogP contribution is -2.52. The van der Waals surface area contributed by atoms with Crippen LogP contribution >= 0.6 is 47.0 Å². The second-order valence-electron chi connectivity index (χ2n) is 28.3. The highest BCUT2D eigenvalue weighted by molar-refractivity contribution is 8.14. The van der Waals surface area contributed by atoms with Crippen LogP contribution in [0.25, 0.3) is 0 Å².